The molecule has 2 bridgehead atoms. The van der Waals surface area contributed by atoms with Crippen LogP contribution in [-0.4, -0.2) is 11.4 Å². The Morgan fingerprint density at radius 2 is 2.06 bits per heavy atom. The molecule has 0 heterocycles. The molecular formula is C13H14BrNO. The minimum Gasteiger partial charge on any atom is -0.347 e. The van der Waals surface area contributed by atoms with Crippen LogP contribution in [-0.2, 0) is 0 Å². The third-order valence-electron chi connectivity index (χ3n) is 3.72. The summed E-state index contributed by atoms with van der Waals surface area (Å²) < 4.78 is 0.968. The summed E-state index contributed by atoms with van der Waals surface area (Å²) in [5, 5.41) is 3.17. The molecule has 3 saturated carbocycles. The van der Waals surface area contributed by atoms with Crippen LogP contribution >= 0.6 is 15.9 Å². The Balaban J connectivity index is 1.77. The Bertz CT molecular complexity index is 432. The summed E-state index contributed by atoms with van der Waals surface area (Å²) in [4.78, 5) is 12.1. The molecule has 16 heavy (non-hydrogen) atoms. The minimum atomic E-state index is 0.0718. The maximum Gasteiger partial charge on any atom is 0.251 e. The zero-order valence-electron chi connectivity index (χ0n) is 9.22. The van der Waals surface area contributed by atoms with E-state index in [1.807, 2.05) is 25.1 Å². The number of amides is 1. The number of hydrogen-bond acceptors (Lipinski definition) is 1. The van der Waals surface area contributed by atoms with Gasteiger partial charge < -0.3 is 5.32 Å². The first kappa shape index (κ1) is 10.3. The first-order valence-electron chi connectivity index (χ1n) is 5.66. The minimum absolute atomic E-state index is 0.0718. The predicted octanol–water partition coefficient (Wildman–Crippen LogP) is 3.04. The molecule has 84 valence electrons. The number of halogens is 1. The molecule has 1 amide bonds. The second-order valence-corrected chi connectivity index (χ2v) is 6.15. The number of carbonyl (C=O) groups excluding carboxylic acids is 1. The summed E-state index contributed by atoms with van der Waals surface area (Å²) in [5.41, 5.74) is 2.03. The van der Waals surface area contributed by atoms with E-state index in [-0.39, 0.29) is 11.4 Å². The van der Waals surface area contributed by atoms with Crippen molar-refractivity contribution in [3.63, 3.8) is 0 Å². The number of hydrogen-bond donors (Lipinski definition) is 1. The highest BCUT2D eigenvalue weighted by Crippen LogP contribution is 2.56. The molecule has 4 rings (SSSR count). The van der Waals surface area contributed by atoms with Crippen molar-refractivity contribution in [2.45, 2.75) is 31.7 Å². The zero-order valence-corrected chi connectivity index (χ0v) is 10.8. The first-order valence-corrected chi connectivity index (χ1v) is 6.45. The Labute approximate surface area is 104 Å². The molecule has 2 nitrogen and oxygen atoms in total. The van der Waals surface area contributed by atoms with Crippen LogP contribution in [0.25, 0.3) is 0 Å². The van der Waals surface area contributed by atoms with Crippen molar-refractivity contribution in [1.29, 1.82) is 0 Å². The monoisotopic (exact) mass is 279 g/mol. The lowest BCUT2D eigenvalue weighted by Gasteiger charge is -2.61. The van der Waals surface area contributed by atoms with Crippen molar-refractivity contribution in [3.8, 4) is 0 Å². The van der Waals surface area contributed by atoms with Gasteiger partial charge in [-0.3, -0.25) is 4.79 Å². The second-order valence-electron chi connectivity index (χ2n) is 5.23. The van der Waals surface area contributed by atoms with Crippen molar-refractivity contribution < 1.29 is 4.79 Å². The molecule has 0 radical (unpaired) electrons. The molecule has 3 heteroatoms. The van der Waals surface area contributed by atoms with Gasteiger partial charge in [-0.25, -0.2) is 0 Å². The summed E-state index contributed by atoms with van der Waals surface area (Å²) >= 11 is 3.42. The standard InChI is InChI=1S/C13H14BrNO/c1-8-2-10(4-11(14)3-8)12(16)15-13-5-9(6-13)7-13/h2-4,9H,5-7H2,1H3,(H,15,16). The van der Waals surface area contributed by atoms with Gasteiger partial charge in [0, 0.05) is 15.6 Å². The molecule has 0 aromatic heterocycles. The van der Waals surface area contributed by atoms with E-state index in [2.05, 4.69) is 21.2 Å². The number of rotatable bonds is 2. The van der Waals surface area contributed by atoms with Gasteiger partial charge >= 0.3 is 0 Å². The Kier molecular flexibility index (Phi) is 2.15. The summed E-state index contributed by atoms with van der Waals surface area (Å²) in [5.74, 6) is 0.965. The molecule has 0 atom stereocenters. The lowest BCUT2D eigenvalue weighted by Crippen LogP contribution is -2.68. The molecule has 0 unspecified atom stereocenters. The zero-order chi connectivity index (χ0) is 11.3. The fourth-order valence-electron chi connectivity index (χ4n) is 2.81. The van der Waals surface area contributed by atoms with Gasteiger partial charge in [0.25, 0.3) is 5.91 Å². The summed E-state index contributed by atoms with van der Waals surface area (Å²) in [6, 6.07) is 5.83. The molecular weight excluding hydrogens is 266 g/mol. The largest absolute Gasteiger partial charge is 0.347 e. The number of nitrogens with one attached hydrogen (secondary N) is 1. The maximum absolute atomic E-state index is 12.1. The number of aryl methyl sites for hydroxylation is 1. The van der Waals surface area contributed by atoms with Crippen molar-refractivity contribution in [3.05, 3.63) is 33.8 Å². The van der Waals surface area contributed by atoms with E-state index >= 15 is 0 Å². The fourth-order valence-corrected chi connectivity index (χ4v) is 3.42. The van der Waals surface area contributed by atoms with Crippen molar-refractivity contribution >= 4 is 21.8 Å². The molecule has 3 fully saturated rings. The first-order chi connectivity index (χ1) is 7.56. The summed E-state index contributed by atoms with van der Waals surface area (Å²) in [6.45, 7) is 2.00. The molecule has 1 aromatic carbocycles. The van der Waals surface area contributed by atoms with Crippen LogP contribution in [0.1, 0.15) is 35.2 Å². The Morgan fingerprint density at radius 3 is 2.56 bits per heavy atom. The smallest absolute Gasteiger partial charge is 0.251 e. The van der Waals surface area contributed by atoms with Crippen LogP contribution in [0.4, 0.5) is 0 Å². The number of carbonyl (C=O) groups is 1. The second kappa shape index (κ2) is 3.33. The third kappa shape index (κ3) is 1.58. The van der Waals surface area contributed by atoms with Crippen LogP contribution < -0.4 is 5.32 Å². The molecule has 3 aliphatic carbocycles. The van der Waals surface area contributed by atoms with E-state index < -0.39 is 0 Å². The predicted molar refractivity (Wildman–Crippen MR) is 66.4 cm³/mol. The van der Waals surface area contributed by atoms with E-state index in [9.17, 15) is 4.79 Å². The average Bonchev–Trinajstić information content (AvgIpc) is 2.07. The SMILES string of the molecule is Cc1cc(Br)cc(C(=O)NC23CC(C2)C3)c1. The quantitative estimate of drug-likeness (QED) is 0.886. The number of benzene rings is 1. The van der Waals surface area contributed by atoms with Gasteiger partial charge in [-0.05, 0) is 55.9 Å². The molecule has 0 spiro atoms. The van der Waals surface area contributed by atoms with Gasteiger partial charge in [-0.2, -0.15) is 0 Å². The summed E-state index contributed by atoms with van der Waals surface area (Å²) in [6.07, 6.45) is 3.56. The van der Waals surface area contributed by atoms with Crippen LogP contribution in [0.5, 0.6) is 0 Å². The van der Waals surface area contributed by atoms with E-state index in [1.165, 1.54) is 19.3 Å². The van der Waals surface area contributed by atoms with Gasteiger partial charge in [0.1, 0.15) is 0 Å². The van der Waals surface area contributed by atoms with E-state index in [1.54, 1.807) is 0 Å². The molecule has 1 aromatic rings. The molecule has 0 saturated heterocycles. The van der Waals surface area contributed by atoms with Gasteiger partial charge in [-0.1, -0.05) is 15.9 Å². The molecule has 3 aliphatic rings. The normalized spacial score (nSPS) is 30.2. The van der Waals surface area contributed by atoms with Crippen molar-refractivity contribution in [1.82, 2.24) is 5.32 Å². The topological polar surface area (TPSA) is 29.1 Å². The Morgan fingerprint density at radius 1 is 1.38 bits per heavy atom. The van der Waals surface area contributed by atoms with Gasteiger partial charge in [0.15, 0.2) is 0 Å². The summed E-state index contributed by atoms with van der Waals surface area (Å²) in [7, 11) is 0. The van der Waals surface area contributed by atoms with Gasteiger partial charge in [0.2, 0.25) is 0 Å². The highest BCUT2D eigenvalue weighted by atomic mass is 79.9. The van der Waals surface area contributed by atoms with Gasteiger partial charge in [0.05, 0.1) is 0 Å². The van der Waals surface area contributed by atoms with E-state index in [0.29, 0.717) is 0 Å². The molecule has 0 aliphatic heterocycles. The average molecular weight is 280 g/mol. The van der Waals surface area contributed by atoms with E-state index in [4.69, 9.17) is 0 Å². The van der Waals surface area contributed by atoms with Crippen LogP contribution in [0.2, 0.25) is 0 Å². The lowest BCUT2D eigenvalue weighted by atomic mass is 9.50. The highest BCUT2D eigenvalue weighted by Gasteiger charge is 2.57. The maximum atomic E-state index is 12.1. The van der Waals surface area contributed by atoms with Crippen LogP contribution in [0.15, 0.2) is 22.7 Å². The van der Waals surface area contributed by atoms with Crippen molar-refractivity contribution in [2.24, 2.45) is 5.92 Å². The van der Waals surface area contributed by atoms with Crippen molar-refractivity contribution in [2.75, 3.05) is 0 Å². The fraction of sp³-hybridized carbons (Fsp3) is 0.462. The van der Waals surface area contributed by atoms with Crippen LogP contribution in [0.3, 0.4) is 0 Å². The van der Waals surface area contributed by atoms with Crippen LogP contribution in [0, 0.1) is 12.8 Å². The van der Waals surface area contributed by atoms with E-state index in [0.717, 1.165) is 21.5 Å². The molecule has 1 N–H and O–H groups in total. The highest BCUT2D eigenvalue weighted by molar-refractivity contribution is 9.10. The lowest BCUT2D eigenvalue weighted by molar-refractivity contribution is -0.0438. The third-order valence-corrected chi connectivity index (χ3v) is 4.18. The van der Waals surface area contributed by atoms with Gasteiger partial charge in [-0.15, -0.1) is 0 Å². The Hall–Kier alpha value is -0.830.